The molecule has 0 amide bonds. The van der Waals surface area contributed by atoms with Crippen molar-refractivity contribution in [2.45, 2.75) is 182 Å². The summed E-state index contributed by atoms with van der Waals surface area (Å²) in [5.74, 6) is 1.48. The van der Waals surface area contributed by atoms with Crippen LogP contribution in [0.25, 0.3) is 0 Å². The van der Waals surface area contributed by atoms with Gasteiger partial charge in [0.1, 0.15) is 0 Å². The first kappa shape index (κ1) is 37.1. The monoisotopic (exact) mass is 541 g/mol. The molecule has 0 atom stereocenters. The summed E-state index contributed by atoms with van der Waals surface area (Å²) in [6.07, 6.45) is 30.0. The Labute approximate surface area is 239 Å². The van der Waals surface area contributed by atoms with Gasteiger partial charge in [-0.05, 0) is 25.7 Å². The highest BCUT2D eigenvalue weighted by atomic mass is 16.7. The number of hydrogen-bond donors (Lipinski definition) is 0. The van der Waals surface area contributed by atoms with Crippen molar-refractivity contribution in [2.24, 2.45) is 0 Å². The zero-order valence-electron chi connectivity index (χ0n) is 26.4. The van der Waals surface area contributed by atoms with Crippen LogP contribution in [-0.4, -0.2) is 26.6 Å². The largest absolute Gasteiger partial charge is 0.491 e. The summed E-state index contributed by atoms with van der Waals surface area (Å²) in [4.78, 5) is 0. The Hall–Kier alpha value is -0.900. The van der Waals surface area contributed by atoms with Gasteiger partial charge in [-0.1, -0.05) is 150 Å². The van der Waals surface area contributed by atoms with Crippen LogP contribution in [0.5, 0.6) is 0 Å². The summed E-state index contributed by atoms with van der Waals surface area (Å²) in [6, 6.07) is 0. The van der Waals surface area contributed by atoms with Crippen LogP contribution in [0.15, 0.2) is 11.7 Å². The van der Waals surface area contributed by atoms with Crippen molar-refractivity contribution in [3.05, 3.63) is 11.7 Å². The minimum atomic E-state index is 0.247. The standard InChI is InChI=1S/C34H68O4/c1-5-9-13-16-18-20-22-26-30-36-33(28-24-12-8-4)34(38-32-35-29-25-15-11-7-3)37-31-27-23-21-19-17-14-10-6-2/h5-32H2,1-4H3. The molecule has 0 heterocycles. The van der Waals surface area contributed by atoms with E-state index in [9.17, 15) is 0 Å². The molecule has 0 saturated carbocycles. The van der Waals surface area contributed by atoms with Gasteiger partial charge in [-0.3, -0.25) is 0 Å². The van der Waals surface area contributed by atoms with Gasteiger partial charge in [0.05, 0.1) is 19.8 Å². The maximum atomic E-state index is 6.31. The molecule has 0 aromatic rings. The average molecular weight is 541 g/mol. The summed E-state index contributed by atoms with van der Waals surface area (Å²) in [5, 5.41) is 0. The van der Waals surface area contributed by atoms with Crippen LogP contribution in [0.3, 0.4) is 0 Å². The first-order valence-corrected chi connectivity index (χ1v) is 17.0. The minimum Gasteiger partial charge on any atom is -0.491 e. The van der Waals surface area contributed by atoms with Gasteiger partial charge >= 0.3 is 5.95 Å². The molecule has 4 nitrogen and oxygen atoms in total. The molecule has 0 fully saturated rings. The fraction of sp³-hybridized carbons (Fsp3) is 0.941. The molecule has 4 heteroatoms. The van der Waals surface area contributed by atoms with E-state index in [4.69, 9.17) is 18.9 Å². The Morgan fingerprint density at radius 3 is 1.29 bits per heavy atom. The van der Waals surface area contributed by atoms with Gasteiger partial charge in [0, 0.05) is 6.42 Å². The van der Waals surface area contributed by atoms with Crippen LogP contribution < -0.4 is 0 Å². The van der Waals surface area contributed by atoms with E-state index < -0.39 is 0 Å². The van der Waals surface area contributed by atoms with Crippen LogP contribution in [0.4, 0.5) is 0 Å². The summed E-state index contributed by atoms with van der Waals surface area (Å²) in [7, 11) is 0. The molecule has 0 aliphatic rings. The maximum absolute atomic E-state index is 6.31. The lowest BCUT2D eigenvalue weighted by atomic mass is 10.1. The Morgan fingerprint density at radius 2 is 0.763 bits per heavy atom. The molecule has 38 heavy (non-hydrogen) atoms. The zero-order chi connectivity index (χ0) is 27.8. The molecule has 0 aliphatic heterocycles. The SMILES string of the molecule is CCCCCCCCCCOC(CCCCC)=C(OCCCCCCCCCC)OCOCCCCCC. The molecule has 0 N–H and O–H groups in total. The lowest BCUT2D eigenvalue weighted by Gasteiger charge is -2.18. The third kappa shape index (κ3) is 26.7. The van der Waals surface area contributed by atoms with E-state index in [-0.39, 0.29) is 6.79 Å². The van der Waals surface area contributed by atoms with E-state index in [0.29, 0.717) is 12.6 Å². The zero-order valence-corrected chi connectivity index (χ0v) is 26.4. The first-order valence-electron chi connectivity index (χ1n) is 17.0. The van der Waals surface area contributed by atoms with Crippen LogP contribution >= 0.6 is 0 Å². The third-order valence-corrected chi connectivity index (χ3v) is 7.16. The Kier molecular flexibility index (Phi) is 31.5. The predicted molar refractivity (Wildman–Crippen MR) is 164 cm³/mol. The van der Waals surface area contributed by atoms with Gasteiger partial charge < -0.3 is 18.9 Å². The Morgan fingerprint density at radius 1 is 0.368 bits per heavy atom. The van der Waals surface area contributed by atoms with Crippen molar-refractivity contribution in [1.82, 2.24) is 0 Å². The number of rotatable bonds is 32. The molecule has 0 bridgehead atoms. The molecule has 0 aliphatic carbocycles. The fourth-order valence-electron chi connectivity index (χ4n) is 4.59. The highest BCUT2D eigenvalue weighted by Crippen LogP contribution is 2.20. The molecule has 0 aromatic heterocycles. The number of hydrogen-bond acceptors (Lipinski definition) is 4. The van der Waals surface area contributed by atoms with Crippen molar-refractivity contribution >= 4 is 0 Å². The van der Waals surface area contributed by atoms with E-state index in [2.05, 4.69) is 27.7 Å². The van der Waals surface area contributed by atoms with Gasteiger partial charge in [0.15, 0.2) is 12.6 Å². The number of unbranched alkanes of at least 4 members (excludes halogenated alkanes) is 19. The molecule has 0 saturated heterocycles. The quantitative estimate of drug-likeness (QED) is 0.0483. The Bertz CT molecular complexity index is 477. The van der Waals surface area contributed by atoms with Gasteiger partial charge in [0.2, 0.25) is 0 Å². The minimum absolute atomic E-state index is 0.247. The van der Waals surface area contributed by atoms with Gasteiger partial charge in [0.25, 0.3) is 0 Å². The summed E-state index contributed by atoms with van der Waals surface area (Å²) < 4.78 is 24.4. The first-order chi connectivity index (χ1) is 18.8. The van der Waals surface area contributed by atoms with Crippen molar-refractivity contribution in [2.75, 3.05) is 26.6 Å². The predicted octanol–water partition coefficient (Wildman–Crippen LogP) is 11.6. The van der Waals surface area contributed by atoms with Gasteiger partial charge in [-0.2, -0.15) is 0 Å². The molecule has 0 aromatic carbocycles. The van der Waals surface area contributed by atoms with Gasteiger partial charge in [-0.15, -0.1) is 0 Å². The highest BCUT2D eigenvalue weighted by Gasteiger charge is 2.13. The second kappa shape index (κ2) is 32.3. The number of allylic oxidation sites excluding steroid dienone is 1. The van der Waals surface area contributed by atoms with Crippen molar-refractivity contribution in [3.8, 4) is 0 Å². The summed E-state index contributed by atoms with van der Waals surface area (Å²) in [6.45, 7) is 11.5. The molecule has 0 rings (SSSR count). The molecular formula is C34H68O4. The van der Waals surface area contributed by atoms with Crippen molar-refractivity contribution in [3.63, 3.8) is 0 Å². The van der Waals surface area contributed by atoms with E-state index in [1.807, 2.05) is 0 Å². The smallest absolute Gasteiger partial charge is 0.321 e. The molecule has 228 valence electrons. The summed E-state index contributed by atoms with van der Waals surface area (Å²) >= 11 is 0. The van der Waals surface area contributed by atoms with Crippen molar-refractivity contribution in [1.29, 1.82) is 0 Å². The second-order valence-electron chi connectivity index (χ2n) is 11.0. The highest BCUT2D eigenvalue weighted by molar-refractivity contribution is 4.95. The number of ether oxygens (including phenoxy) is 4. The fourth-order valence-corrected chi connectivity index (χ4v) is 4.59. The summed E-state index contributed by atoms with van der Waals surface area (Å²) in [5.41, 5.74) is 0. The maximum Gasteiger partial charge on any atom is 0.321 e. The van der Waals surface area contributed by atoms with E-state index >= 15 is 0 Å². The van der Waals surface area contributed by atoms with Crippen molar-refractivity contribution < 1.29 is 18.9 Å². The Balaban J connectivity index is 4.67. The third-order valence-electron chi connectivity index (χ3n) is 7.16. The van der Waals surface area contributed by atoms with Crippen LogP contribution in [0.2, 0.25) is 0 Å². The molecular weight excluding hydrogens is 472 g/mol. The second-order valence-corrected chi connectivity index (χ2v) is 11.0. The topological polar surface area (TPSA) is 36.9 Å². The van der Waals surface area contributed by atoms with E-state index in [1.54, 1.807) is 0 Å². The van der Waals surface area contributed by atoms with Crippen LogP contribution in [0.1, 0.15) is 182 Å². The molecule has 0 radical (unpaired) electrons. The molecule has 0 spiro atoms. The lowest BCUT2D eigenvalue weighted by Crippen LogP contribution is -2.10. The van der Waals surface area contributed by atoms with Crippen LogP contribution in [-0.2, 0) is 18.9 Å². The molecule has 0 unspecified atom stereocenters. The van der Waals surface area contributed by atoms with Crippen LogP contribution in [0, 0.1) is 0 Å². The average Bonchev–Trinajstić information content (AvgIpc) is 2.93. The van der Waals surface area contributed by atoms with E-state index in [0.717, 1.165) is 51.1 Å². The normalized spacial score (nSPS) is 12.0. The lowest BCUT2D eigenvalue weighted by molar-refractivity contribution is -0.0845. The van der Waals surface area contributed by atoms with Gasteiger partial charge in [-0.25, -0.2) is 0 Å². The van der Waals surface area contributed by atoms with E-state index in [1.165, 1.54) is 122 Å².